The lowest BCUT2D eigenvalue weighted by Gasteiger charge is -2.42. The van der Waals surface area contributed by atoms with Crippen LogP contribution in [0.15, 0.2) is 36.4 Å². The van der Waals surface area contributed by atoms with E-state index >= 15 is 0 Å². The zero-order valence-electron chi connectivity index (χ0n) is 16.5. The fourth-order valence-corrected chi connectivity index (χ4v) is 5.27. The second kappa shape index (κ2) is 7.14. The smallest absolute Gasteiger partial charge is 0.129 e. The summed E-state index contributed by atoms with van der Waals surface area (Å²) in [5.74, 6) is -0.0368. The first kappa shape index (κ1) is 18.1. The summed E-state index contributed by atoms with van der Waals surface area (Å²) in [5.41, 5.74) is 4.40. The molecule has 0 saturated carbocycles. The number of aryl methyl sites for hydroxylation is 1. The van der Waals surface area contributed by atoms with Gasteiger partial charge in [-0.3, -0.25) is 4.90 Å². The molecular weight excluding hydrogens is 354 g/mol. The van der Waals surface area contributed by atoms with Crippen molar-refractivity contribution in [3.8, 4) is 0 Å². The fourth-order valence-electron chi connectivity index (χ4n) is 5.27. The Hall–Kier alpha value is -1.94. The Labute approximate surface area is 166 Å². The van der Waals surface area contributed by atoms with E-state index in [1.165, 1.54) is 67.4 Å². The van der Waals surface area contributed by atoms with Crippen LogP contribution >= 0.6 is 0 Å². The van der Waals surface area contributed by atoms with Gasteiger partial charge in [0.25, 0.3) is 0 Å². The minimum atomic E-state index is -0.419. The summed E-state index contributed by atoms with van der Waals surface area (Å²) >= 11 is 0. The molecule has 0 aromatic heterocycles. The van der Waals surface area contributed by atoms with Crippen LogP contribution in [0.3, 0.4) is 0 Å². The molecule has 0 bridgehead atoms. The van der Waals surface area contributed by atoms with Gasteiger partial charge in [-0.25, -0.2) is 8.78 Å². The standard InChI is InChI=1S/C24H28F2N2/c1-16-9-11-27(12-10-16)23-8-5-17-13-19(6-7-20(17)23)28-14-18(15-28)24-21(25)3-2-4-22(24)26/h2-4,6-7,13,16,18,23H,5,8-12,14-15H2,1H3. The van der Waals surface area contributed by atoms with Gasteiger partial charge in [0.1, 0.15) is 11.6 Å². The lowest BCUT2D eigenvalue weighted by atomic mass is 9.89. The van der Waals surface area contributed by atoms with E-state index in [2.05, 4.69) is 34.9 Å². The van der Waals surface area contributed by atoms with E-state index in [1.807, 2.05) is 0 Å². The third kappa shape index (κ3) is 3.12. The van der Waals surface area contributed by atoms with E-state index in [4.69, 9.17) is 0 Å². The maximum Gasteiger partial charge on any atom is 0.129 e. The molecule has 2 heterocycles. The Morgan fingerprint density at radius 3 is 2.36 bits per heavy atom. The summed E-state index contributed by atoms with van der Waals surface area (Å²) in [7, 11) is 0. The van der Waals surface area contributed by atoms with Crippen LogP contribution in [-0.4, -0.2) is 31.1 Å². The zero-order valence-corrected chi connectivity index (χ0v) is 16.5. The number of nitrogens with zero attached hydrogens (tertiary/aromatic N) is 2. The quantitative estimate of drug-likeness (QED) is 0.712. The van der Waals surface area contributed by atoms with E-state index in [0.29, 0.717) is 19.1 Å². The SMILES string of the molecule is CC1CCN(C2CCc3cc(N4CC(c5c(F)cccc5F)C4)ccc32)CC1. The van der Waals surface area contributed by atoms with Crippen LogP contribution in [0.25, 0.3) is 0 Å². The maximum absolute atomic E-state index is 14.0. The monoisotopic (exact) mass is 382 g/mol. The van der Waals surface area contributed by atoms with Crippen LogP contribution in [-0.2, 0) is 6.42 Å². The first-order valence-electron chi connectivity index (χ1n) is 10.7. The van der Waals surface area contributed by atoms with Crippen molar-refractivity contribution in [1.29, 1.82) is 0 Å². The molecule has 1 unspecified atom stereocenters. The van der Waals surface area contributed by atoms with Crippen LogP contribution in [0, 0.1) is 17.6 Å². The Balaban J connectivity index is 1.28. The van der Waals surface area contributed by atoms with Crippen molar-refractivity contribution in [2.75, 3.05) is 31.1 Å². The molecule has 28 heavy (non-hydrogen) atoms. The third-order valence-electron chi connectivity index (χ3n) is 7.09. The number of rotatable bonds is 3. The van der Waals surface area contributed by atoms with Crippen LogP contribution in [0.5, 0.6) is 0 Å². The molecule has 2 aromatic carbocycles. The molecule has 148 valence electrons. The molecular formula is C24H28F2N2. The van der Waals surface area contributed by atoms with E-state index in [9.17, 15) is 8.78 Å². The Morgan fingerprint density at radius 2 is 1.64 bits per heavy atom. The predicted molar refractivity (Wildman–Crippen MR) is 109 cm³/mol. The summed E-state index contributed by atoms with van der Waals surface area (Å²) in [6.07, 6.45) is 4.98. The molecule has 2 aliphatic heterocycles. The Bertz CT molecular complexity index is 847. The van der Waals surface area contributed by atoms with Crippen LogP contribution in [0.1, 0.15) is 54.8 Å². The molecule has 2 fully saturated rings. The molecule has 0 spiro atoms. The summed E-state index contributed by atoms with van der Waals surface area (Å²) in [5, 5.41) is 0. The van der Waals surface area contributed by atoms with Gasteiger partial charge < -0.3 is 4.90 Å². The lowest BCUT2D eigenvalue weighted by molar-refractivity contribution is 0.137. The minimum absolute atomic E-state index is 0.0578. The first-order chi connectivity index (χ1) is 13.6. The average Bonchev–Trinajstić information content (AvgIpc) is 3.07. The van der Waals surface area contributed by atoms with E-state index < -0.39 is 11.6 Å². The molecule has 1 aliphatic carbocycles. The summed E-state index contributed by atoms with van der Waals surface area (Å²) in [6.45, 7) is 6.16. The molecule has 0 amide bonds. The van der Waals surface area contributed by atoms with E-state index in [1.54, 1.807) is 0 Å². The second-order valence-corrected chi connectivity index (χ2v) is 8.89. The van der Waals surface area contributed by atoms with Gasteiger partial charge in [0, 0.05) is 36.3 Å². The van der Waals surface area contributed by atoms with Gasteiger partial charge in [-0.2, -0.15) is 0 Å². The van der Waals surface area contributed by atoms with Crippen LogP contribution in [0.4, 0.5) is 14.5 Å². The van der Waals surface area contributed by atoms with E-state index in [-0.39, 0.29) is 11.5 Å². The molecule has 5 rings (SSSR count). The zero-order chi connectivity index (χ0) is 19.3. The van der Waals surface area contributed by atoms with Gasteiger partial charge in [-0.05, 0) is 80.1 Å². The number of halogens is 2. The third-order valence-corrected chi connectivity index (χ3v) is 7.09. The van der Waals surface area contributed by atoms with Crippen molar-refractivity contribution in [2.45, 2.75) is 44.6 Å². The summed E-state index contributed by atoms with van der Waals surface area (Å²) in [4.78, 5) is 4.92. The number of hydrogen-bond donors (Lipinski definition) is 0. The molecule has 3 aliphatic rings. The highest BCUT2D eigenvalue weighted by Gasteiger charge is 2.34. The highest BCUT2D eigenvalue weighted by atomic mass is 19.1. The number of fused-ring (bicyclic) bond motifs is 1. The van der Waals surface area contributed by atoms with Crippen molar-refractivity contribution in [1.82, 2.24) is 4.90 Å². The highest BCUT2D eigenvalue weighted by molar-refractivity contribution is 5.56. The Kier molecular flexibility index (Phi) is 4.62. The number of benzene rings is 2. The predicted octanol–water partition coefficient (Wildman–Crippen LogP) is 5.29. The second-order valence-electron chi connectivity index (χ2n) is 8.89. The number of anilines is 1. The number of likely N-dealkylation sites (tertiary alicyclic amines) is 1. The number of piperidine rings is 1. The van der Waals surface area contributed by atoms with Crippen molar-refractivity contribution >= 4 is 5.69 Å². The van der Waals surface area contributed by atoms with Gasteiger partial charge in [0.05, 0.1) is 0 Å². The molecule has 0 N–H and O–H groups in total. The Morgan fingerprint density at radius 1 is 0.929 bits per heavy atom. The van der Waals surface area contributed by atoms with Gasteiger partial charge in [-0.15, -0.1) is 0 Å². The number of hydrogen-bond acceptors (Lipinski definition) is 2. The molecule has 0 radical (unpaired) electrons. The topological polar surface area (TPSA) is 6.48 Å². The molecule has 4 heteroatoms. The van der Waals surface area contributed by atoms with Gasteiger partial charge >= 0.3 is 0 Å². The molecule has 2 aromatic rings. The summed E-state index contributed by atoms with van der Waals surface area (Å²) < 4.78 is 28.0. The molecule has 2 saturated heterocycles. The van der Waals surface area contributed by atoms with Crippen molar-refractivity contribution in [2.24, 2.45) is 5.92 Å². The normalized spacial score (nSPS) is 23.7. The summed E-state index contributed by atoms with van der Waals surface area (Å²) in [6, 6.07) is 11.6. The molecule has 1 atom stereocenters. The lowest BCUT2D eigenvalue weighted by Crippen LogP contribution is -2.45. The molecule has 2 nitrogen and oxygen atoms in total. The van der Waals surface area contributed by atoms with Crippen LogP contribution in [0.2, 0.25) is 0 Å². The van der Waals surface area contributed by atoms with Crippen molar-refractivity contribution in [3.63, 3.8) is 0 Å². The van der Waals surface area contributed by atoms with E-state index in [0.717, 1.165) is 12.3 Å². The average molecular weight is 382 g/mol. The highest BCUT2D eigenvalue weighted by Crippen LogP contribution is 2.41. The largest absolute Gasteiger partial charge is 0.370 e. The van der Waals surface area contributed by atoms with Crippen molar-refractivity contribution < 1.29 is 8.78 Å². The van der Waals surface area contributed by atoms with Gasteiger partial charge in [0.2, 0.25) is 0 Å². The maximum atomic E-state index is 14.0. The van der Waals surface area contributed by atoms with Gasteiger partial charge in [0.15, 0.2) is 0 Å². The fraction of sp³-hybridized carbons (Fsp3) is 0.500. The van der Waals surface area contributed by atoms with Crippen molar-refractivity contribution in [3.05, 3.63) is 64.7 Å². The van der Waals surface area contributed by atoms with Gasteiger partial charge in [-0.1, -0.05) is 19.1 Å². The van der Waals surface area contributed by atoms with Crippen LogP contribution < -0.4 is 4.90 Å². The first-order valence-corrected chi connectivity index (χ1v) is 10.7. The minimum Gasteiger partial charge on any atom is -0.370 e.